The van der Waals surface area contributed by atoms with Crippen LogP contribution in [0.1, 0.15) is 27.2 Å². The van der Waals surface area contributed by atoms with Gasteiger partial charge in [0.15, 0.2) is 0 Å². The number of hydrogen-bond acceptors (Lipinski definition) is 4. The number of aromatic nitrogens is 1. The molecular formula is C20H20N2O3. The Hall–Kier alpha value is -3.21. The largest absolute Gasteiger partial charge is 0.489 e. The number of methoxy groups -OCH3 is 1. The van der Waals surface area contributed by atoms with Gasteiger partial charge in [0.05, 0.1) is 12.8 Å². The fraction of sp³-hybridized carbons (Fsp3) is 0.150. The molecule has 25 heavy (non-hydrogen) atoms. The molecule has 0 amide bonds. The van der Waals surface area contributed by atoms with Crippen LogP contribution in [0.15, 0.2) is 60.8 Å². The molecule has 0 spiro atoms. The number of hydrogen-bond donors (Lipinski definition) is 2. The van der Waals surface area contributed by atoms with E-state index in [1.165, 1.54) is 7.11 Å². The first-order valence-electron chi connectivity index (χ1n) is 7.97. The Labute approximate surface area is 146 Å². The number of rotatable bonds is 6. The van der Waals surface area contributed by atoms with E-state index in [2.05, 4.69) is 4.98 Å². The standard InChI is InChI=1S/C20H20N2O3/c1-24-20(23)19-18(21)16(12-22-19)11-14-7-9-17(10-8-14)25-13-15-5-3-2-4-6-15/h2-10,12,22H,11,13,21H2,1H3. The van der Waals surface area contributed by atoms with Gasteiger partial charge in [-0.3, -0.25) is 0 Å². The van der Waals surface area contributed by atoms with Gasteiger partial charge in [0.25, 0.3) is 0 Å². The minimum absolute atomic E-state index is 0.292. The number of benzene rings is 2. The molecule has 0 fully saturated rings. The van der Waals surface area contributed by atoms with E-state index in [4.69, 9.17) is 15.2 Å². The van der Waals surface area contributed by atoms with Gasteiger partial charge in [0, 0.05) is 12.6 Å². The van der Waals surface area contributed by atoms with E-state index >= 15 is 0 Å². The molecule has 0 bridgehead atoms. The molecule has 0 aliphatic heterocycles. The quantitative estimate of drug-likeness (QED) is 0.675. The summed E-state index contributed by atoms with van der Waals surface area (Å²) in [6, 6.07) is 17.9. The zero-order chi connectivity index (χ0) is 17.6. The molecule has 1 aromatic heterocycles. The maximum atomic E-state index is 11.6. The second-order valence-corrected chi connectivity index (χ2v) is 5.69. The van der Waals surface area contributed by atoms with Crippen molar-refractivity contribution in [1.29, 1.82) is 0 Å². The first kappa shape index (κ1) is 16.6. The predicted molar refractivity (Wildman–Crippen MR) is 96.6 cm³/mol. The molecule has 3 aromatic rings. The van der Waals surface area contributed by atoms with Crippen molar-refractivity contribution in [3.63, 3.8) is 0 Å². The lowest BCUT2D eigenvalue weighted by molar-refractivity contribution is 0.0596. The summed E-state index contributed by atoms with van der Waals surface area (Å²) in [5, 5.41) is 0. The third kappa shape index (κ3) is 4.01. The molecule has 3 N–H and O–H groups in total. The van der Waals surface area contributed by atoms with Crippen molar-refractivity contribution >= 4 is 11.7 Å². The van der Waals surface area contributed by atoms with Crippen LogP contribution in [0.25, 0.3) is 0 Å². The smallest absolute Gasteiger partial charge is 0.356 e. The lowest BCUT2D eigenvalue weighted by atomic mass is 10.1. The van der Waals surface area contributed by atoms with Crippen LogP contribution in [0.5, 0.6) is 5.75 Å². The van der Waals surface area contributed by atoms with Crippen LogP contribution in [0.2, 0.25) is 0 Å². The highest BCUT2D eigenvalue weighted by Gasteiger charge is 2.15. The molecule has 0 atom stereocenters. The molecule has 3 rings (SSSR count). The van der Waals surface area contributed by atoms with Gasteiger partial charge >= 0.3 is 5.97 Å². The van der Waals surface area contributed by atoms with Crippen molar-refractivity contribution in [3.05, 3.63) is 83.2 Å². The Morgan fingerprint density at radius 1 is 1.04 bits per heavy atom. The lowest BCUT2D eigenvalue weighted by Crippen LogP contribution is -2.05. The number of nitrogen functional groups attached to an aromatic ring is 1. The molecule has 0 radical (unpaired) electrons. The van der Waals surface area contributed by atoms with Crippen molar-refractivity contribution in [2.24, 2.45) is 0 Å². The lowest BCUT2D eigenvalue weighted by Gasteiger charge is -2.07. The van der Waals surface area contributed by atoms with Crippen molar-refractivity contribution in [3.8, 4) is 5.75 Å². The summed E-state index contributed by atoms with van der Waals surface area (Å²) >= 11 is 0. The molecule has 2 aromatic carbocycles. The van der Waals surface area contributed by atoms with Crippen LogP contribution in [0, 0.1) is 0 Å². The van der Waals surface area contributed by atoms with Crippen molar-refractivity contribution in [1.82, 2.24) is 4.98 Å². The van der Waals surface area contributed by atoms with E-state index in [1.54, 1.807) is 6.20 Å². The summed E-state index contributed by atoms with van der Waals surface area (Å²) in [6.07, 6.45) is 2.36. The van der Waals surface area contributed by atoms with Crippen molar-refractivity contribution in [2.75, 3.05) is 12.8 Å². The Kier molecular flexibility index (Phi) is 5.04. The topological polar surface area (TPSA) is 77.3 Å². The van der Waals surface area contributed by atoms with E-state index in [1.807, 2.05) is 54.6 Å². The van der Waals surface area contributed by atoms with Gasteiger partial charge in [-0.25, -0.2) is 4.79 Å². The molecule has 128 valence electrons. The number of anilines is 1. The SMILES string of the molecule is COC(=O)c1[nH]cc(Cc2ccc(OCc3ccccc3)cc2)c1N. The predicted octanol–water partition coefficient (Wildman–Crippen LogP) is 3.55. The summed E-state index contributed by atoms with van der Waals surface area (Å²) in [4.78, 5) is 14.5. The van der Waals surface area contributed by atoms with Gasteiger partial charge in [-0.2, -0.15) is 0 Å². The number of nitrogens with two attached hydrogens (primary N) is 1. The van der Waals surface area contributed by atoms with Crippen molar-refractivity contribution in [2.45, 2.75) is 13.0 Å². The van der Waals surface area contributed by atoms with E-state index in [-0.39, 0.29) is 0 Å². The van der Waals surface area contributed by atoms with E-state index < -0.39 is 5.97 Å². The second-order valence-electron chi connectivity index (χ2n) is 5.69. The normalized spacial score (nSPS) is 10.4. The van der Waals surface area contributed by atoms with Crippen LogP contribution in [0.4, 0.5) is 5.69 Å². The number of carbonyl (C=O) groups is 1. The fourth-order valence-electron chi connectivity index (χ4n) is 2.56. The average Bonchev–Trinajstić information content (AvgIpc) is 3.02. The number of ether oxygens (including phenoxy) is 2. The van der Waals surface area contributed by atoms with Gasteiger partial charge in [-0.15, -0.1) is 0 Å². The molecule has 0 unspecified atom stereocenters. The maximum absolute atomic E-state index is 11.6. The molecule has 0 saturated carbocycles. The van der Waals surface area contributed by atoms with Gasteiger partial charge in [0.2, 0.25) is 0 Å². The van der Waals surface area contributed by atoms with Gasteiger partial charge in [0.1, 0.15) is 18.1 Å². The zero-order valence-corrected chi connectivity index (χ0v) is 14.0. The Morgan fingerprint density at radius 3 is 2.44 bits per heavy atom. The highest BCUT2D eigenvalue weighted by molar-refractivity contribution is 5.94. The maximum Gasteiger partial charge on any atom is 0.356 e. The van der Waals surface area contributed by atoms with Crippen LogP contribution in [0.3, 0.4) is 0 Å². The number of carbonyl (C=O) groups excluding carboxylic acids is 1. The average molecular weight is 336 g/mol. The number of nitrogens with one attached hydrogen (secondary N) is 1. The van der Waals surface area contributed by atoms with Crippen LogP contribution >= 0.6 is 0 Å². The number of esters is 1. The van der Waals surface area contributed by atoms with Crippen LogP contribution < -0.4 is 10.5 Å². The summed E-state index contributed by atoms with van der Waals surface area (Å²) in [5.74, 6) is 0.346. The Bertz CT molecular complexity index is 839. The first-order valence-corrected chi connectivity index (χ1v) is 7.97. The molecular weight excluding hydrogens is 316 g/mol. The third-order valence-electron chi connectivity index (χ3n) is 3.96. The molecule has 5 nitrogen and oxygen atoms in total. The van der Waals surface area contributed by atoms with E-state index in [0.717, 1.165) is 22.4 Å². The van der Waals surface area contributed by atoms with Crippen LogP contribution in [-0.4, -0.2) is 18.1 Å². The Morgan fingerprint density at radius 2 is 1.76 bits per heavy atom. The summed E-state index contributed by atoms with van der Waals surface area (Å²) in [6.45, 7) is 0.535. The fourth-order valence-corrected chi connectivity index (χ4v) is 2.56. The monoisotopic (exact) mass is 336 g/mol. The zero-order valence-electron chi connectivity index (χ0n) is 14.0. The molecule has 1 heterocycles. The highest BCUT2D eigenvalue weighted by atomic mass is 16.5. The van der Waals surface area contributed by atoms with E-state index in [9.17, 15) is 4.79 Å². The van der Waals surface area contributed by atoms with Gasteiger partial charge in [-0.05, 0) is 28.8 Å². The summed E-state index contributed by atoms with van der Waals surface area (Å²) < 4.78 is 10.5. The molecule has 5 heteroatoms. The Balaban J connectivity index is 1.63. The third-order valence-corrected chi connectivity index (χ3v) is 3.96. The second kappa shape index (κ2) is 7.57. The highest BCUT2D eigenvalue weighted by Crippen LogP contribution is 2.22. The van der Waals surface area contributed by atoms with E-state index in [0.29, 0.717) is 24.4 Å². The van der Waals surface area contributed by atoms with Crippen LogP contribution in [-0.2, 0) is 17.8 Å². The van der Waals surface area contributed by atoms with Crippen molar-refractivity contribution < 1.29 is 14.3 Å². The summed E-state index contributed by atoms with van der Waals surface area (Å²) in [7, 11) is 1.33. The summed E-state index contributed by atoms with van der Waals surface area (Å²) in [5.41, 5.74) is 9.80. The number of aromatic amines is 1. The molecule has 0 aliphatic carbocycles. The first-order chi connectivity index (χ1) is 12.2. The van der Waals surface area contributed by atoms with Gasteiger partial charge < -0.3 is 20.2 Å². The van der Waals surface area contributed by atoms with Gasteiger partial charge in [-0.1, -0.05) is 42.5 Å². The molecule has 0 aliphatic rings. The molecule has 0 saturated heterocycles. The number of H-pyrrole nitrogens is 1. The minimum Gasteiger partial charge on any atom is -0.489 e. The minimum atomic E-state index is -0.464.